The highest BCUT2D eigenvalue weighted by atomic mass is 15.2. The Morgan fingerprint density at radius 2 is 1.90 bits per heavy atom. The van der Waals surface area contributed by atoms with Gasteiger partial charge in [-0.15, -0.1) is 0 Å². The molecule has 1 aliphatic carbocycles. The molecule has 1 unspecified atom stereocenters. The number of nitrogens with zero attached hydrogens (tertiary/aromatic N) is 1. The second-order valence-corrected chi connectivity index (χ2v) is 6.89. The van der Waals surface area contributed by atoms with Gasteiger partial charge in [0.1, 0.15) is 0 Å². The average molecular weight is 274 g/mol. The standard InChI is InChI=1S/C18H30N2/c1-14(2)12-20(15(3)4)18(13-19)11-7-9-16-8-5-6-10-17(16)18/h5-6,8,10,14-15H,7,9,11-13,19H2,1-4H3. The van der Waals surface area contributed by atoms with E-state index in [4.69, 9.17) is 5.73 Å². The number of benzene rings is 1. The summed E-state index contributed by atoms with van der Waals surface area (Å²) in [5.41, 5.74) is 9.33. The molecule has 1 aromatic rings. The maximum atomic E-state index is 6.33. The molecule has 2 N–H and O–H groups in total. The Morgan fingerprint density at radius 3 is 2.50 bits per heavy atom. The first-order chi connectivity index (χ1) is 9.51. The van der Waals surface area contributed by atoms with Crippen LogP contribution in [0, 0.1) is 5.92 Å². The highest BCUT2D eigenvalue weighted by Gasteiger charge is 2.41. The SMILES string of the molecule is CC(C)CN(C(C)C)C1(CN)CCCc2ccccc21. The molecule has 2 nitrogen and oxygen atoms in total. The van der Waals surface area contributed by atoms with Gasteiger partial charge in [0, 0.05) is 19.1 Å². The largest absolute Gasteiger partial charge is 0.328 e. The van der Waals surface area contributed by atoms with Crippen LogP contribution >= 0.6 is 0 Å². The van der Waals surface area contributed by atoms with Gasteiger partial charge in [-0.25, -0.2) is 0 Å². The lowest BCUT2D eigenvalue weighted by molar-refractivity contribution is 0.0324. The zero-order valence-electron chi connectivity index (χ0n) is 13.5. The average Bonchev–Trinajstić information content (AvgIpc) is 2.44. The number of hydrogen-bond acceptors (Lipinski definition) is 2. The van der Waals surface area contributed by atoms with E-state index in [9.17, 15) is 0 Å². The third-order valence-corrected chi connectivity index (χ3v) is 4.63. The molecule has 0 aliphatic heterocycles. The van der Waals surface area contributed by atoms with Gasteiger partial charge in [0.2, 0.25) is 0 Å². The van der Waals surface area contributed by atoms with Crippen molar-refractivity contribution in [2.45, 2.75) is 58.5 Å². The highest BCUT2D eigenvalue weighted by molar-refractivity contribution is 5.37. The van der Waals surface area contributed by atoms with Crippen LogP contribution in [0.3, 0.4) is 0 Å². The van der Waals surface area contributed by atoms with Crippen LogP contribution in [0.5, 0.6) is 0 Å². The third-order valence-electron chi connectivity index (χ3n) is 4.63. The van der Waals surface area contributed by atoms with Gasteiger partial charge in [0.05, 0.1) is 5.54 Å². The zero-order chi connectivity index (χ0) is 14.8. The second kappa shape index (κ2) is 6.28. The Bertz CT molecular complexity index is 439. The molecule has 1 aliphatic rings. The fourth-order valence-corrected chi connectivity index (χ4v) is 3.80. The van der Waals surface area contributed by atoms with Gasteiger partial charge in [-0.1, -0.05) is 38.1 Å². The van der Waals surface area contributed by atoms with E-state index in [1.54, 1.807) is 0 Å². The molecule has 2 heteroatoms. The van der Waals surface area contributed by atoms with Crippen molar-refractivity contribution in [2.75, 3.05) is 13.1 Å². The monoisotopic (exact) mass is 274 g/mol. The summed E-state index contributed by atoms with van der Waals surface area (Å²) in [6.45, 7) is 11.0. The molecule has 0 radical (unpaired) electrons. The fourth-order valence-electron chi connectivity index (χ4n) is 3.80. The van der Waals surface area contributed by atoms with E-state index >= 15 is 0 Å². The Balaban J connectivity index is 2.47. The normalized spacial score (nSPS) is 22.6. The van der Waals surface area contributed by atoms with E-state index in [2.05, 4.69) is 56.9 Å². The van der Waals surface area contributed by atoms with Crippen LogP contribution in [0.25, 0.3) is 0 Å². The van der Waals surface area contributed by atoms with Crippen molar-refractivity contribution in [2.24, 2.45) is 11.7 Å². The molecule has 1 atom stereocenters. The van der Waals surface area contributed by atoms with Crippen LogP contribution in [0.2, 0.25) is 0 Å². The number of nitrogens with two attached hydrogens (primary N) is 1. The second-order valence-electron chi connectivity index (χ2n) is 6.89. The molecular formula is C18H30N2. The van der Waals surface area contributed by atoms with Crippen LogP contribution in [-0.4, -0.2) is 24.0 Å². The fraction of sp³-hybridized carbons (Fsp3) is 0.667. The van der Waals surface area contributed by atoms with Crippen molar-refractivity contribution in [1.82, 2.24) is 4.90 Å². The molecule has 0 fully saturated rings. The van der Waals surface area contributed by atoms with Gasteiger partial charge in [0.25, 0.3) is 0 Å². The topological polar surface area (TPSA) is 29.3 Å². The number of rotatable bonds is 5. The van der Waals surface area contributed by atoms with Gasteiger partial charge < -0.3 is 5.73 Å². The van der Waals surface area contributed by atoms with Crippen molar-refractivity contribution in [3.63, 3.8) is 0 Å². The van der Waals surface area contributed by atoms with Crippen LogP contribution < -0.4 is 5.73 Å². The lowest BCUT2D eigenvalue weighted by atomic mass is 9.74. The van der Waals surface area contributed by atoms with E-state index in [-0.39, 0.29) is 5.54 Å². The molecular weight excluding hydrogens is 244 g/mol. The van der Waals surface area contributed by atoms with Crippen molar-refractivity contribution >= 4 is 0 Å². The third kappa shape index (κ3) is 2.77. The first-order valence-electron chi connectivity index (χ1n) is 8.06. The summed E-state index contributed by atoms with van der Waals surface area (Å²) in [6, 6.07) is 9.44. The molecule has 2 rings (SSSR count). The minimum absolute atomic E-state index is 0.0350. The van der Waals surface area contributed by atoms with Crippen LogP contribution in [0.15, 0.2) is 24.3 Å². The quantitative estimate of drug-likeness (QED) is 0.890. The molecule has 0 aromatic heterocycles. The van der Waals surface area contributed by atoms with Gasteiger partial charge in [-0.2, -0.15) is 0 Å². The maximum Gasteiger partial charge on any atom is 0.0588 e. The van der Waals surface area contributed by atoms with Crippen molar-refractivity contribution in [3.05, 3.63) is 35.4 Å². The van der Waals surface area contributed by atoms with Gasteiger partial charge in [-0.3, -0.25) is 4.90 Å². The minimum Gasteiger partial charge on any atom is -0.328 e. The summed E-state index contributed by atoms with van der Waals surface area (Å²) >= 11 is 0. The summed E-state index contributed by atoms with van der Waals surface area (Å²) in [4.78, 5) is 2.65. The van der Waals surface area contributed by atoms with Crippen molar-refractivity contribution in [1.29, 1.82) is 0 Å². The molecule has 1 aromatic carbocycles. The molecule has 0 bridgehead atoms. The van der Waals surface area contributed by atoms with Gasteiger partial charge in [-0.05, 0) is 50.2 Å². The smallest absolute Gasteiger partial charge is 0.0588 e. The van der Waals surface area contributed by atoms with Gasteiger partial charge in [0.15, 0.2) is 0 Å². The first-order valence-corrected chi connectivity index (χ1v) is 8.06. The molecule has 0 heterocycles. The van der Waals surface area contributed by atoms with E-state index in [0.717, 1.165) is 13.1 Å². The lowest BCUT2D eigenvalue weighted by Crippen LogP contribution is -2.56. The summed E-state index contributed by atoms with van der Waals surface area (Å²) in [6.07, 6.45) is 3.63. The Kier molecular flexibility index (Phi) is 4.87. The molecule has 112 valence electrons. The predicted octanol–water partition coefficient (Wildman–Crippen LogP) is 3.54. The molecule has 0 saturated carbocycles. The van der Waals surface area contributed by atoms with Crippen molar-refractivity contribution < 1.29 is 0 Å². The predicted molar refractivity (Wildman–Crippen MR) is 86.8 cm³/mol. The summed E-state index contributed by atoms with van der Waals surface area (Å²) in [7, 11) is 0. The summed E-state index contributed by atoms with van der Waals surface area (Å²) < 4.78 is 0. The Labute approximate surface area is 124 Å². The molecule has 0 saturated heterocycles. The highest BCUT2D eigenvalue weighted by Crippen LogP contribution is 2.40. The Hall–Kier alpha value is -0.860. The van der Waals surface area contributed by atoms with Crippen molar-refractivity contribution in [3.8, 4) is 0 Å². The van der Waals surface area contributed by atoms with Gasteiger partial charge >= 0.3 is 0 Å². The van der Waals surface area contributed by atoms with Crippen LogP contribution in [0.4, 0.5) is 0 Å². The minimum atomic E-state index is 0.0350. The summed E-state index contributed by atoms with van der Waals surface area (Å²) in [5.74, 6) is 0.662. The molecule has 20 heavy (non-hydrogen) atoms. The lowest BCUT2D eigenvalue weighted by Gasteiger charge is -2.50. The number of hydrogen-bond donors (Lipinski definition) is 1. The molecule has 0 spiro atoms. The maximum absolute atomic E-state index is 6.33. The Morgan fingerprint density at radius 1 is 1.20 bits per heavy atom. The first kappa shape index (κ1) is 15.5. The summed E-state index contributed by atoms with van der Waals surface area (Å²) in [5, 5.41) is 0. The number of aryl methyl sites for hydroxylation is 1. The van der Waals surface area contributed by atoms with E-state index in [1.807, 2.05) is 0 Å². The molecule has 0 amide bonds. The van der Waals surface area contributed by atoms with Crippen LogP contribution in [-0.2, 0) is 12.0 Å². The van der Waals surface area contributed by atoms with E-state index < -0.39 is 0 Å². The zero-order valence-corrected chi connectivity index (χ0v) is 13.5. The number of fused-ring (bicyclic) bond motifs is 1. The van der Waals surface area contributed by atoms with E-state index in [0.29, 0.717) is 12.0 Å². The van der Waals surface area contributed by atoms with E-state index in [1.165, 1.54) is 30.4 Å². The van der Waals surface area contributed by atoms with Crippen LogP contribution in [0.1, 0.15) is 51.7 Å².